The maximum absolute atomic E-state index is 14.5. The Bertz CT molecular complexity index is 1520. The zero-order chi connectivity index (χ0) is 27.6. The highest BCUT2D eigenvalue weighted by molar-refractivity contribution is 6.55. The van der Waals surface area contributed by atoms with Gasteiger partial charge in [-0.05, 0) is 42.3 Å². The van der Waals surface area contributed by atoms with E-state index >= 15 is 0 Å². The fourth-order valence-electron chi connectivity index (χ4n) is 4.73. The first-order valence-electron chi connectivity index (χ1n) is 11.1. The summed E-state index contributed by atoms with van der Waals surface area (Å²) in [4.78, 5) is 42.8. The molecule has 3 aromatic rings. The number of amides is 3. The average molecular weight is 598 g/mol. The molecule has 3 aromatic carbocycles. The molecule has 0 unspecified atom stereocenters. The zero-order valence-electron chi connectivity index (χ0n) is 19.9. The fourth-order valence-corrected chi connectivity index (χ4v) is 5.75. The number of rotatable bonds is 5. The molecule has 2 atom stereocenters. The lowest BCUT2D eigenvalue weighted by Gasteiger charge is -2.49. The standard InChI is InChI=1S/C26H17Cl4FN2O5/c1-10-4-6-12(9-13(10)31)32-22(11-5-7-14(37-2)15(8-11)38-3)23(26(32)36)33-24(34)16-17(25(33)35)19(28)21(30)20(29)18(16)27/h4-9,22-23H,1-3H3/t22-,23+/m1/s1. The highest BCUT2D eigenvalue weighted by Crippen LogP contribution is 2.50. The quantitative estimate of drug-likeness (QED) is 0.145. The van der Waals surface area contributed by atoms with E-state index in [1.54, 1.807) is 31.2 Å². The molecule has 2 aliphatic rings. The number of carbonyl (C=O) groups excluding carboxylic acids is 3. The van der Waals surface area contributed by atoms with Gasteiger partial charge in [-0.15, -0.1) is 0 Å². The molecule has 3 amide bonds. The smallest absolute Gasteiger partial charge is 0.264 e. The van der Waals surface area contributed by atoms with Gasteiger partial charge in [0.05, 0.1) is 51.5 Å². The van der Waals surface area contributed by atoms with Gasteiger partial charge in [-0.3, -0.25) is 19.3 Å². The number of anilines is 1. The lowest BCUT2D eigenvalue weighted by atomic mass is 9.86. The Morgan fingerprint density at radius 2 is 1.32 bits per heavy atom. The van der Waals surface area contributed by atoms with Crippen LogP contribution in [0.25, 0.3) is 0 Å². The van der Waals surface area contributed by atoms with Crippen molar-refractivity contribution in [1.29, 1.82) is 0 Å². The van der Waals surface area contributed by atoms with Gasteiger partial charge in [-0.1, -0.05) is 58.5 Å². The van der Waals surface area contributed by atoms with Crippen molar-refractivity contribution in [2.24, 2.45) is 0 Å². The first-order chi connectivity index (χ1) is 18.0. The normalized spacial score (nSPS) is 18.6. The van der Waals surface area contributed by atoms with Crippen LogP contribution in [0.3, 0.4) is 0 Å². The number of aryl methyl sites for hydroxylation is 1. The Balaban J connectivity index is 1.66. The molecule has 1 fully saturated rings. The molecule has 12 heteroatoms. The minimum Gasteiger partial charge on any atom is -0.493 e. The summed E-state index contributed by atoms with van der Waals surface area (Å²) in [6.45, 7) is 1.59. The van der Waals surface area contributed by atoms with Crippen molar-refractivity contribution < 1.29 is 28.2 Å². The van der Waals surface area contributed by atoms with Gasteiger partial charge in [0, 0.05) is 5.69 Å². The summed E-state index contributed by atoms with van der Waals surface area (Å²) < 4.78 is 25.2. The number of carbonyl (C=O) groups is 3. The molecular weight excluding hydrogens is 581 g/mol. The van der Waals surface area contributed by atoms with Gasteiger partial charge in [-0.2, -0.15) is 0 Å². The number of hydrogen-bond acceptors (Lipinski definition) is 5. The topological polar surface area (TPSA) is 76.2 Å². The number of β-lactam (4-membered cyclic amide) rings is 1. The van der Waals surface area contributed by atoms with Gasteiger partial charge >= 0.3 is 0 Å². The third-order valence-electron chi connectivity index (χ3n) is 6.66. The van der Waals surface area contributed by atoms with Crippen LogP contribution in [0.15, 0.2) is 36.4 Å². The predicted octanol–water partition coefficient (Wildman–Crippen LogP) is 6.52. The highest BCUT2D eigenvalue weighted by atomic mass is 35.5. The number of imide groups is 1. The summed E-state index contributed by atoms with van der Waals surface area (Å²) in [5.74, 6) is -2.07. The van der Waals surface area contributed by atoms with E-state index in [4.69, 9.17) is 55.9 Å². The van der Waals surface area contributed by atoms with Gasteiger partial charge < -0.3 is 14.4 Å². The van der Waals surface area contributed by atoms with Gasteiger partial charge in [0.25, 0.3) is 17.7 Å². The number of hydrogen-bond donors (Lipinski definition) is 0. The van der Waals surface area contributed by atoms with Crippen LogP contribution < -0.4 is 14.4 Å². The van der Waals surface area contributed by atoms with Crippen molar-refractivity contribution in [2.45, 2.75) is 19.0 Å². The van der Waals surface area contributed by atoms with Crippen molar-refractivity contribution in [2.75, 3.05) is 19.1 Å². The van der Waals surface area contributed by atoms with Crippen LogP contribution in [0.5, 0.6) is 11.5 Å². The van der Waals surface area contributed by atoms with Crippen LogP contribution in [-0.2, 0) is 4.79 Å². The molecule has 5 rings (SSSR count). The molecule has 0 spiro atoms. The summed E-state index contributed by atoms with van der Waals surface area (Å²) in [5.41, 5.74) is 0.648. The second-order valence-electron chi connectivity index (χ2n) is 8.63. The number of methoxy groups -OCH3 is 2. The van der Waals surface area contributed by atoms with E-state index < -0.39 is 35.6 Å². The summed E-state index contributed by atoms with van der Waals surface area (Å²) in [7, 11) is 2.91. The van der Waals surface area contributed by atoms with E-state index in [1.165, 1.54) is 31.3 Å². The van der Waals surface area contributed by atoms with Gasteiger partial charge in [0.1, 0.15) is 11.9 Å². The Morgan fingerprint density at radius 3 is 1.84 bits per heavy atom. The first-order valence-corrected chi connectivity index (χ1v) is 12.6. The Hall–Kier alpha value is -3.04. The molecule has 2 heterocycles. The summed E-state index contributed by atoms with van der Waals surface area (Å²) in [6.07, 6.45) is 0. The molecule has 0 radical (unpaired) electrons. The monoisotopic (exact) mass is 596 g/mol. The SMILES string of the molecule is COc1ccc([C@@H]2[C@H](N3C(=O)c4c(Cl)c(Cl)c(Cl)c(Cl)c4C3=O)C(=O)N2c2ccc(C)c(F)c2)cc1OC. The molecule has 2 aliphatic heterocycles. The van der Waals surface area contributed by atoms with Crippen molar-refractivity contribution >= 4 is 69.8 Å². The van der Waals surface area contributed by atoms with Crippen LogP contribution in [0, 0.1) is 12.7 Å². The summed E-state index contributed by atoms with van der Waals surface area (Å²) in [6, 6.07) is 7.01. The van der Waals surface area contributed by atoms with E-state index in [-0.39, 0.29) is 36.9 Å². The van der Waals surface area contributed by atoms with Crippen LogP contribution >= 0.6 is 46.4 Å². The van der Waals surface area contributed by atoms with Crippen LogP contribution in [0.2, 0.25) is 20.1 Å². The molecule has 38 heavy (non-hydrogen) atoms. The third kappa shape index (κ3) is 3.73. The van der Waals surface area contributed by atoms with E-state index in [1.807, 2.05) is 0 Å². The van der Waals surface area contributed by atoms with Gasteiger partial charge in [0.15, 0.2) is 11.5 Å². The van der Waals surface area contributed by atoms with Crippen molar-refractivity contribution in [1.82, 2.24) is 4.90 Å². The predicted molar refractivity (Wildman–Crippen MR) is 142 cm³/mol. The number of halogens is 5. The van der Waals surface area contributed by atoms with Crippen molar-refractivity contribution in [3.05, 3.63) is 84.6 Å². The number of benzene rings is 3. The summed E-state index contributed by atoms with van der Waals surface area (Å²) >= 11 is 24.8. The maximum atomic E-state index is 14.5. The minimum absolute atomic E-state index is 0.187. The fraction of sp³-hybridized carbons (Fsp3) is 0.192. The zero-order valence-corrected chi connectivity index (χ0v) is 23.0. The molecule has 196 valence electrons. The van der Waals surface area contributed by atoms with E-state index in [9.17, 15) is 18.8 Å². The third-order valence-corrected chi connectivity index (χ3v) is 8.46. The second kappa shape index (κ2) is 9.61. The number of nitrogens with zero attached hydrogens (tertiary/aromatic N) is 2. The van der Waals surface area contributed by atoms with Gasteiger partial charge in [-0.25, -0.2) is 4.39 Å². The molecule has 0 aromatic heterocycles. The average Bonchev–Trinajstić information content (AvgIpc) is 3.16. The minimum atomic E-state index is -1.31. The highest BCUT2D eigenvalue weighted by Gasteiger charge is 2.58. The van der Waals surface area contributed by atoms with E-state index in [0.717, 1.165) is 4.90 Å². The van der Waals surface area contributed by atoms with Crippen LogP contribution in [0.1, 0.15) is 37.9 Å². The van der Waals surface area contributed by atoms with Crippen LogP contribution in [-0.4, -0.2) is 42.9 Å². The molecule has 1 saturated heterocycles. The van der Waals surface area contributed by atoms with Gasteiger partial charge in [0.2, 0.25) is 0 Å². The van der Waals surface area contributed by atoms with E-state index in [0.29, 0.717) is 22.6 Å². The lowest BCUT2D eigenvalue weighted by Crippen LogP contribution is -2.67. The largest absolute Gasteiger partial charge is 0.493 e. The molecular formula is C26H17Cl4FN2O5. The Kier molecular flexibility index (Phi) is 6.72. The number of fused-ring (bicyclic) bond motifs is 1. The first kappa shape index (κ1) is 26.6. The molecule has 0 saturated carbocycles. The second-order valence-corrected chi connectivity index (χ2v) is 10.1. The maximum Gasteiger partial charge on any atom is 0.264 e. The van der Waals surface area contributed by atoms with Crippen molar-refractivity contribution in [3.8, 4) is 11.5 Å². The molecule has 0 aliphatic carbocycles. The molecule has 7 nitrogen and oxygen atoms in total. The van der Waals surface area contributed by atoms with Crippen LogP contribution in [0.4, 0.5) is 10.1 Å². The Morgan fingerprint density at radius 1 is 0.737 bits per heavy atom. The summed E-state index contributed by atoms with van der Waals surface area (Å²) in [5, 5.41) is -0.867. The molecule has 0 bridgehead atoms. The lowest BCUT2D eigenvalue weighted by molar-refractivity contribution is -0.130. The Labute approximate surface area is 236 Å². The molecule has 0 N–H and O–H groups in total. The number of ether oxygens (including phenoxy) is 2. The van der Waals surface area contributed by atoms with Crippen molar-refractivity contribution in [3.63, 3.8) is 0 Å². The van der Waals surface area contributed by atoms with E-state index in [2.05, 4.69) is 0 Å².